The number of primary amides is 1. The van der Waals surface area contributed by atoms with Crippen LogP contribution in [0.5, 0.6) is 0 Å². The second-order valence-electron chi connectivity index (χ2n) is 8.08. The van der Waals surface area contributed by atoms with Crippen molar-refractivity contribution in [3.63, 3.8) is 0 Å². The van der Waals surface area contributed by atoms with Gasteiger partial charge in [0.05, 0.1) is 0 Å². The number of carbonyl (C=O) groups is 3. The summed E-state index contributed by atoms with van der Waals surface area (Å²) in [5.74, 6) is -1.00. The van der Waals surface area contributed by atoms with Crippen LogP contribution in [0.1, 0.15) is 44.7 Å². The van der Waals surface area contributed by atoms with E-state index in [-0.39, 0.29) is 24.9 Å². The maximum atomic E-state index is 12.7. The maximum absolute atomic E-state index is 12.7. The molecule has 0 fully saturated rings. The molecule has 2 rings (SSSR count). The first-order valence-corrected chi connectivity index (χ1v) is 9.82. The molecule has 1 atom stereocenters. The lowest BCUT2D eigenvalue weighted by Gasteiger charge is -2.20. The molecule has 2 aromatic rings. The molecule has 7 nitrogen and oxygen atoms in total. The Morgan fingerprint density at radius 2 is 1.63 bits per heavy atom. The van der Waals surface area contributed by atoms with Crippen molar-refractivity contribution >= 4 is 23.6 Å². The first kappa shape index (κ1) is 22.9. The Labute approximate surface area is 177 Å². The molecule has 160 valence electrons. The van der Waals surface area contributed by atoms with Crippen LogP contribution in [0.25, 0.3) is 0 Å². The number of amides is 3. The van der Waals surface area contributed by atoms with Crippen molar-refractivity contribution in [2.24, 2.45) is 5.73 Å². The summed E-state index contributed by atoms with van der Waals surface area (Å²) in [7, 11) is 0. The minimum absolute atomic E-state index is 0.00334. The predicted octanol–water partition coefficient (Wildman–Crippen LogP) is 3.48. The average molecular weight is 412 g/mol. The fraction of sp³-hybridized carbons (Fsp3) is 0.348. The summed E-state index contributed by atoms with van der Waals surface area (Å²) in [6, 6.07) is 15.7. The second-order valence-corrected chi connectivity index (χ2v) is 8.08. The Balaban J connectivity index is 1.99. The second kappa shape index (κ2) is 10.4. The molecule has 7 heteroatoms. The number of hydrogen-bond donors (Lipinski definition) is 3. The molecule has 0 radical (unpaired) electrons. The molecule has 0 heterocycles. The van der Waals surface area contributed by atoms with Gasteiger partial charge in [0.1, 0.15) is 12.6 Å². The van der Waals surface area contributed by atoms with Crippen LogP contribution < -0.4 is 16.4 Å². The summed E-state index contributed by atoms with van der Waals surface area (Å²) in [4.78, 5) is 36.0. The van der Waals surface area contributed by atoms with Gasteiger partial charge in [0.15, 0.2) is 0 Å². The number of nitrogens with two attached hydrogens (primary N) is 1. The number of alkyl carbamates (subject to hydrolysis) is 1. The third-order valence-corrected chi connectivity index (χ3v) is 4.52. The van der Waals surface area contributed by atoms with E-state index in [2.05, 4.69) is 31.4 Å². The molecule has 0 aliphatic rings. The summed E-state index contributed by atoms with van der Waals surface area (Å²) in [6.45, 7) is 6.38. The molecule has 0 saturated carbocycles. The SMILES string of the molecule is CC(C)(C)c1ccc(NC(=O)[C@H](CCC(N)=O)NC(=O)OCc2ccccc2)cc1. The standard InChI is InChI=1S/C23H29N3O4/c1-23(2,3)17-9-11-18(12-10-17)25-21(28)19(13-14-20(24)27)26-22(29)30-15-16-7-5-4-6-8-16/h4-12,19H,13-15H2,1-3H3,(H2,24,27)(H,25,28)(H,26,29)/t19-/m0/s1. The number of ether oxygens (including phenoxy) is 1. The molecular weight excluding hydrogens is 382 g/mol. The normalized spacial score (nSPS) is 12.0. The minimum Gasteiger partial charge on any atom is -0.445 e. The Bertz CT molecular complexity index is 858. The monoisotopic (exact) mass is 411 g/mol. The van der Waals surface area contributed by atoms with Crippen LogP contribution in [-0.4, -0.2) is 23.9 Å². The topological polar surface area (TPSA) is 111 Å². The summed E-state index contributed by atoms with van der Waals surface area (Å²) in [5, 5.41) is 5.28. The Morgan fingerprint density at radius 3 is 2.20 bits per heavy atom. The highest BCUT2D eigenvalue weighted by Crippen LogP contribution is 2.23. The third-order valence-electron chi connectivity index (χ3n) is 4.52. The molecule has 0 spiro atoms. The van der Waals surface area contributed by atoms with E-state index >= 15 is 0 Å². The maximum Gasteiger partial charge on any atom is 0.408 e. The summed E-state index contributed by atoms with van der Waals surface area (Å²) >= 11 is 0. The van der Waals surface area contributed by atoms with Gasteiger partial charge in [-0.2, -0.15) is 0 Å². The number of benzene rings is 2. The van der Waals surface area contributed by atoms with Crippen molar-refractivity contribution in [3.8, 4) is 0 Å². The fourth-order valence-electron chi connectivity index (χ4n) is 2.75. The first-order chi connectivity index (χ1) is 14.1. The zero-order chi connectivity index (χ0) is 22.1. The fourth-order valence-corrected chi connectivity index (χ4v) is 2.75. The molecular formula is C23H29N3O4. The van der Waals surface area contributed by atoms with Crippen LogP contribution >= 0.6 is 0 Å². The van der Waals surface area contributed by atoms with Crippen molar-refractivity contribution < 1.29 is 19.1 Å². The molecule has 0 aliphatic carbocycles. The van der Waals surface area contributed by atoms with Crippen LogP contribution in [0.2, 0.25) is 0 Å². The Hall–Kier alpha value is -3.35. The predicted molar refractivity (Wildman–Crippen MR) is 116 cm³/mol. The number of anilines is 1. The van der Waals surface area contributed by atoms with Crippen LogP contribution in [0.3, 0.4) is 0 Å². The zero-order valence-electron chi connectivity index (χ0n) is 17.6. The van der Waals surface area contributed by atoms with Gasteiger partial charge in [-0.05, 0) is 35.1 Å². The molecule has 0 bridgehead atoms. The molecule has 0 saturated heterocycles. The van der Waals surface area contributed by atoms with Gasteiger partial charge < -0.3 is 21.1 Å². The molecule has 4 N–H and O–H groups in total. The number of hydrogen-bond acceptors (Lipinski definition) is 4. The van der Waals surface area contributed by atoms with Crippen LogP contribution in [-0.2, 0) is 26.3 Å². The van der Waals surface area contributed by atoms with E-state index in [1.807, 2.05) is 42.5 Å². The Morgan fingerprint density at radius 1 is 1.00 bits per heavy atom. The average Bonchev–Trinajstić information content (AvgIpc) is 2.70. The van der Waals surface area contributed by atoms with Crippen molar-refractivity contribution in [2.45, 2.75) is 51.7 Å². The third kappa shape index (κ3) is 7.58. The van der Waals surface area contributed by atoms with Crippen molar-refractivity contribution in [1.82, 2.24) is 5.32 Å². The lowest BCUT2D eigenvalue weighted by Crippen LogP contribution is -2.44. The van der Waals surface area contributed by atoms with E-state index in [9.17, 15) is 14.4 Å². The van der Waals surface area contributed by atoms with Gasteiger partial charge in [-0.25, -0.2) is 4.79 Å². The molecule has 2 aromatic carbocycles. The van der Waals surface area contributed by atoms with Crippen molar-refractivity contribution in [1.29, 1.82) is 0 Å². The van der Waals surface area contributed by atoms with Gasteiger partial charge in [0, 0.05) is 12.1 Å². The number of carbonyl (C=O) groups excluding carboxylic acids is 3. The van der Waals surface area contributed by atoms with E-state index in [1.54, 1.807) is 12.1 Å². The summed E-state index contributed by atoms with van der Waals surface area (Å²) in [5.41, 5.74) is 7.75. The van der Waals surface area contributed by atoms with Crippen LogP contribution in [0.15, 0.2) is 54.6 Å². The minimum atomic E-state index is -0.955. The number of nitrogens with one attached hydrogen (secondary N) is 2. The van der Waals surface area contributed by atoms with Gasteiger partial charge in [0.25, 0.3) is 0 Å². The van der Waals surface area contributed by atoms with Gasteiger partial charge in [0.2, 0.25) is 11.8 Å². The van der Waals surface area contributed by atoms with Crippen molar-refractivity contribution in [3.05, 3.63) is 65.7 Å². The van der Waals surface area contributed by atoms with Crippen LogP contribution in [0, 0.1) is 0 Å². The molecule has 3 amide bonds. The van der Waals surface area contributed by atoms with Gasteiger partial charge in [-0.3, -0.25) is 9.59 Å². The van der Waals surface area contributed by atoms with E-state index in [0.29, 0.717) is 5.69 Å². The molecule has 0 unspecified atom stereocenters. The first-order valence-electron chi connectivity index (χ1n) is 9.82. The highest BCUT2D eigenvalue weighted by Gasteiger charge is 2.22. The smallest absolute Gasteiger partial charge is 0.408 e. The summed E-state index contributed by atoms with van der Waals surface area (Å²) in [6.07, 6.45) is -0.714. The van der Waals surface area contributed by atoms with Crippen molar-refractivity contribution in [2.75, 3.05) is 5.32 Å². The largest absolute Gasteiger partial charge is 0.445 e. The summed E-state index contributed by atoms with van der Waals surface area (Å²) < 4.78 is 5.17. The van der Waals surface area contributed by atoms with Gasteiger partial charge in [-0.1, -0.05) is 63.2 Å². The lowest BCUT2D eigenvalue weighted by atomic mass is 9.87. The highest BCUT2D eigenvalue weighted by molar-refractivity contribution is 5.96. The van der Waals surface area contributed by atoms with E-state index < -0.39 is 23.9 Å². The highest BCUT2D eigenvalue weighted by atomic mass is 16.5. The van der Waals surface area contributed by atoms with E-state index in [4.69, 9.17) is 10.5 Å². The van der Waals surface area contributed by atoms with Gasteiger partial charge >= 0.3 is 6.09 Å². The molecule has 0 aromatic heterocycles. The van der Waals surface area contributed by atoms with E-state index in [0.717, 1.165) is 11.1 Å². The molecule has 30 heavy (non-hydrogen) atoms. The van der Waals surface area contributed by atoms with E-state index in [1.165, 1.54) is 0 Å². The van der Waals surface area contributed by atoms with Crippen LogP contribution in [0.4, 0.5) is 10.5 Å². The zero-order valence-corrected chi connectivity index (χ0v) is 17.6. The Kier molecular flexibility index (Phi) is 7.98. The quantitative estimate of drug-likeness (QED) is 0.617. The molecule has 0 aliphatic heterocycles. The lowest BCUT2D eigenvalue weighted by molar-refractivity contribution is -0.119. The van der Waals surface area contributed by atoms with Gasteiger partial charge in [-0.15, -0.1) is 0 Å². The number of rotatable bonds is 8.